The number of anilines is 1. The van der Waals surface area contributed by atoms with Crippen molar-refractivity contribution in [1.29, 1.82) is 0 Å². The van der Waals surface area contributed by atoms with Gasteiger partial charge in [0.15, 0.2) is 0 Å². The summed E-state index contributed by atoms with van der Waals surface area (Å²) in [6.45, 7) is 6.43. The number of β-amino-alcohol motifs (C(OH)–C–C–N with tert-alkyl or cyclic N) is 1. The van der Waals surface area contributed by atoms with E-state index >= 15 is 0 Å². The van der Waals surface area contributed by atoms with Crippen molar-refractivity contribution in [2.45, 2.75) is 32.1 Å². The monoisotopic (exact) mass is 250 g/mol. The SMILES string of the molecule is CC1CN(CC(O)c2ccc(N)cc2)C(C)CO1. The first-order valence-electron chi connectivity index (χ1n) is 6.45. The van der Waals surface area contributed by atoms with Gasteiger partial charge in [0.2, 0.25) is 0 Å². The van der Waals surface area contributed by atoms with Crippen LogP contribution in [0, 0.1) is 0 Å². The van der Waals surface area contributed by atoms with Gasteiger partial charge in [0.05, 0.1) is 18.8 Å². The minimum Gasteiger partial charge on any atom is -0.399 e. The van der Waals surface area contributed by atoms with Crippen molar-refractivity contribution in [2.24, 2.45) is 0 Å². The highest BCUT2D eigenvalue weighted by Crippen LogP contribution is 2.19. The molecule has 1 aliphatic rings. The molecule has 1 fully saturated rings. The molecule has 1 aliphatic heterocycles. The number of aliphatic hydroxyl groups is 1. The van der Waals surface area contributed by atoms with Crippen molar-refractivity contribution in [3.63, 3.8) is 0 Å². The van der Waals surface area contributed by atoms with Crippen LogP contribution in [0.2, 0.25) is 0 Å². The first-order valence-corrected chi connectivity index (χ1v) is 6.45. The fourth-order valence-electron chi connectivity index (χ4n) is 2.27. The number of aliphatic hydroxyl groups excluding tert-OH is 1. The van der Waals surface area contributed by atoms with Crippen LogP contribution in [0.3, 0.4) is 0 Å². The van der Waals surface area contributed by atoms with E-state index < -0.39 is 6.10 Å². The lowest BCUT2D eigenvalue weighted by Crippen LogP contribution is -2.48. The Labute approximate surface area is 108 Å². The van der Waals surface area contributed by atoms with Gasteiger partial charge in [-0.25, -0.2) is 0 Å². The zero-order valence-electron chi connectivity index (χ0n) is 11.0. The van der Waals surface area contributed by atoms with Crippen molar-refractivity contribution in [1.82, 2.24) is 4.90 Å². The first kappa shape index (κ1) is 13.3. The number of nitrogens with two attached hydrogens (primary N) is 1. The van der Waals surface area contributed by atoms with Crippen LogP contribution in [0.25, 0.3) is 0 Å². The first-order chi connectivity index (χ1) is 8.56. The fourth-order valence-corrected chi connectivity index (χ4v) is 2.27. The van der Waals surface area contributed by atoms with E-state index in [4.69, 9.17) is 10.5 Å². The molecule has 0 amide bonds. The summed E-state index contributed by atoms with van der Waals surface area (Å²) in [7, 11) is 0. The summed E-state index contributed by atoms with van der Waals surface area (Å²) in [4.78, 5) is 2.27. The minimum absolute atomic E-state index is 0.236. The lowest BCUT2D eigenvalue weighted by molar-refractivity contribution is -0.0619. The third kappa shape index (κ3) is 3.22. The van der Waals surface area contributed by atoms with Gasteiger partial charge in [0.25, 0.3) is 0 Å². The zero-order valence-corrected chi connectivity index (χ0v) is 11.0. The van der Waals surface area contributed by atoms with Crippen LogP contribution in [0.15, 0.2) is 24.3 Å². The van der Waals surface area contributed by atoms with E-state index in [2.05, 4.69) is 18.7 Å². The van der Waals surface area contributed by atoms with Gasteiger partial charge >= 0.3 is 0 Å². The Balaban J connectivity index is 1.97. The molecule has 1 aromatic rings. The second kappa shape index (κ2) is 5.69. The van der Waals surface area contributed by atoms with Gasteiger partial charge in [-0.05, 0) is 31.5 Å². The lowest BCUT2D eigenvalue weighted by Gasteiger charge is -2.37. The Morgan fingerprint density at radius 1 is 1.39 bits per heavy atom. The fraction of sp³-hybridized carbons (Fsp3) is 0.571. The maximum atomic E-state index is 10.2. The van der Waals surface area contributed by atoms with Crippen LogP contribution in [-0.2, 0) is 4.74 Å². The molecule has 4 heteroatoms. The van der Waals surface area contributed by atoms with Gasteiger partial charge < -0.3 is 15.6 Å². The maximum Gasteiger partial charge on any atom is 0.0917 e. The molecule has 1 heterocycles. The van der Waals surface area contributed by atoms with Crippen LogP contribution >= 0.6 is 0 Å². The van der Waals surface area contributed by atoms with Crippen LogP contribution in [0.4, 0.5) is 5.69 Å². The number of ether oxygens (including phenoxy) is 1. The van der Waals surface area contributed by atoms with Gasteiger partial charge in [0.1, 0.15) is 0 Å². The summed E-state index contributed by atoms with van der Waals surface area (Å²) in [5, 5.41) is 10.2. The Kier molecular flexibility index (Phi) is 4.22. The summed E-state index contributed by atoms with van der Waals surface area (Å²) in [5.41, 5.74) is 7.28. The van der Waals surface area contributed by atoms with Gasteiger partial charge in [0, 0.05) is 24.8 Å². The predicted molar refractivity (Wildman–Crippen MR) is 72.3 cm³/mol. The maximum absolute atomic E-state index is 10.2. The van der Waals surface area contributed by atoms with Crippen LogP contribution in [0.1, 0.15) is 25.5 Å². The highest BCUT2D eigenvalue weighted by atomic mass is 16.5. The molecular weight excluding hydrogens is 228 g/mol. The van der Waals surface area contributed by atoms with Crippen LogP contribution in [0.5, 0.6) is 0 Å². The molecular formula is C14H22N2O2. The number of morpholine rings is 1. The molecule has 1 aromatic carbocycles. The Morgan fingerprint density at radius 2 is 2.06 bits per heavy atom. The molecule has 0 saturated carbocycles. The molecule has 0 spiro atoms. The molecule has 0 radical (unpaired) electrons. The number of hydrogen-bond donors (Lipinski definition) is 2. The topological polar surface area (TPSA) is 58.7 Å². The van der Waals surface area contributed by atoms with Gasteiger partial charge in [-0.15, -0.1) is 0 Å². The third-order valence-corrected chi connectivity index (χ3v) is 3.47. The molecule has 0 aromatic heterocycles. The predicted octanol–water partition coefficient (Wildman–Crippen LogP) is 1.41. The lowest BCUT2D eigenvalue weighted by atomic mass is 10.1. The van der Waals surface area contributed by atoms with E-state index in [-0.39, 0.29) is 6.10 Å². The van der Waals surface area contributed by atoms with Gasteiger partial charge in [-0.1, -0.05) is 12.1 Å². The molecule has 3 unspecified atom stereocenters. The van der Waals surface area contributed by atoms with Crippen molar-refractivity contribution >= 4 is 5.69 Å². The molecule has 4 nitrogen and oxygen atoms in total. The molecule has 3 N–H and O–H groups in total. The second-order valence-corrected chi connectivity index (χ2v) is 5.13. The molecule has 0 bridgehead atoms. The molecule has 100 valence electrons. The normalized spacial score (nSPS) is 27.1. The van der Waals surface area contributed by atoms with E-state index in [0.717, 1.165) is 24.4 Å². The number of rotatable bonds is 3. The average molecular weight is 250 g/mol. The number of nitrogens with zero attached hydrogens (tertiary/aromatic N) is 1. The molecule has 3 atom stereocenters. The van der Waals surface area contributed by atoms with Crippen LogP contribution in [-0.4, -0.2) is 41.8 Å². The van der Waals surface area contributed by atoms with Crippen molar-refractivity contribution in [3.05, 3.63) is 29.8 Å². The zero-order chi connectivity index (χ0) is 13.1. The summed E-state index contributed by atoms with van der Waals surface area (Å²) in [5.74, 6) is 0. The van der Waals surface area contributed by atoms with E-state index in [1.807, 2.05) is 24.3 Å². The van der Waals surface area contributed by atoms with E-state index in [1.54, 1.807) is 0 Å². The van der Waals surface area contributed by atoms with Crippen molar-refractivity contribution in [3.8, 4) is 0 Å². The standard InChI is InChI=1S/C14H22N2O2/c1-10-9-18-11(2)7-16(10)8-14(17)12-3-5-13(15)6-4-12/h3-6,10-11,14,17H,7-9,15H2,1-2H3. The second-order valence-electron chi connectivity index (χ2n) is 5.13. The summed E-state index contributed by atoms with van der Waals surface area (Å²) >= 11 is 0. The highest BCUT2D eigenvalue weighted by molar-refractivity contribution is 5.39. The van der Waals surface area contributed by atoms with E-state index in [9.17, 15) is 5.11 Å². The molecule has 1 saturated heterocycles. The summed E-state index contributed by atoms with van der Waals surface area (Å²) in [6, 6.07) is 7.77. The number of hydrogen-bond acceptors (Lipinski definition) is 4. The summed E-state index contributed by atoms with van der Waals surface area (Å²) < 4.78 is 5.58. The number of benzene rings is 1. The average Bonchev–Trinajstić information content (AvgIpc) is 2.34. The highest BCUT2D eigenvalue weighted by Gasteiger charge is 2.25. The van der Waals surface area contributed by atoms with Crippen LogP contribution < -0.4 is 5.73 Å². The van der Waals surface area contributed by atoms with E-state index in [1.165, 1.54) is 0 Å². The van der Waals surface area contributed by atoms with Gasteiger partial charge in [-0.3, -0.25) is 4.90 Å². The number of nitrogen functional groups attached to an aromatic ring is 1. The van der Waals surface area contributed by atoms with Gasteiger partial charge in [-0.2, -0.15) is 0 Å². The molecule has 0 aliphatic carbocycles. The third-order valence-electron chi connectivity index (χ3n) is 3.47. The van der Waals surface area contributed by atoms with E-state index in [0.29, 0.717) is 12.6 Å². The Bertz CT molecular complexity index is 380. The smallest absolute Gasteiger partial charge is 0.0917 e. The minimum atomic E-state index is -0.474. The largest absolute Gasteiger partial charge is 0.399 e. The molecule has 2 rings (SSSR count). The Hall–Kier alpha value is -1.10. The van der Waals surface area contributed by atoms with Crippen molar-refractivity contribution in [2.75, 3.05) is 25.4 Å². The molecule has 18 heavy (non-hydrogen) atoms. The Morgan fingerprint density at radius 3 is 2.72 bits per heavy atom. The quantitative estimate of drug-likeness (QED) is 0.796. The summed E-state index contributed by atoms with van der Waals surface area (Å²) in [6.07, 6.45) is -0.238. The van der Waals surface area contributed by atoms with Crippen molar-refractivity contribution < 1.29 is 9.84 Å².